The highest BCUT2D eigenvalue weighted by molar-refractivity contribution is 6.32. The van der Waals surface area contributed by atoms with E-state index < -0.39 is 11.6 Å². The van der Waals surface area contributed by atoms with Gasteiger partial charge in [0.2, 0.25) is 0 Å². The van der Waals surface area contributed by atoms with E-state index in [1.165, 1.54) is 0 Å². The second kappa shape index (κ2) is 4.15. The molecule has 1 atom stereocenters. The summed E-state index contributed by atoms with van der Waals surface area (Å²) in [6, 6.07) is 1.62. The summed E-state index contributed by atoms with van der Waals surface area (Å²) in [6.45, 7) is 3.84. The molecule has 1 rings (SSSR count). The normalized spacial score (nSPS) is 12.9. The number of benzene rings is 1. The highest BCUT2D eigenvalue weighted by Crippen LogP contribution is 2.34. The van der Waals surface area contributed by atoms with Crippen LogP contribution in [0.15, 0.2) is 6.07 Å². The molecule has 14 heavy (non-hydrogen) atoms. The first-order valence-electron chi connectivity index (χ1n) is 4.36. The largest absolute Gasteiger partial charge is 0.504 e. The fourth-order valence-corrected chi connectivity index (χ4v) is 1.40. The minimum absolute atomic E-state index is 0.0653. The SMILES string of the molecule is Cc1cc(C(C)CN)c(F)c(O)c1Cl. The van der Waals surface area contributed by atoms with Crippen LogP contribution in [0.25, 0.3) is 0 Å². The van der Waals surface area contributed by atoms with E-state index in [0.717, 1.165) is 0 Å². The number of aromatic hydroxyl groups is 1. The molecule has 0 aliphatic heterocycles. The van der Waals surface area contributed by atoms with Crippen LogP contribution < -0.4 is 5.73 Å². The Bertz CT molecular complexity index is 354. The third-order valence-electron chi connectivity index (χ3n) is 2.27. The lowest BCUT2D eigenvalue weighted by molar-refractivity contribution is 0.426. The fourth-order valence-electron chi connectivity index (χ4n) is 1.27. The van der Waals surface area contributed by atoms with Gasteiger partial charge in [-0.05, 0) is 30.5 Å². The van der Waals surface area contributed by atoms with Gasteiger partial charge in [-0.15, -0.1) is 0 Å². The van der Waals surface area contributed by atoms with Crippen molar-refractivity contribution in [3.63, 3.8) is 0 Å². The zero-order valence-electron chi connectivity index (χ0n) is 8.14. The highest BCUT2D eigenvalue weighted by atomic mass is 35.5. The fraction of sp³-hybridized carbons (Fsp3) is 0.400. The summed E-state index contributed by atoms with van der Waals surface area (Å²) in [5.41, 5.74) is 6.49. The van der Waals surface area contributed by atoms with Gasteiger partial charge in [0.25, 0.3) is 0 Å². The van der Waals surface area contributed by atoms with E-state index in [0.29, 0.717) is 17.7 Å². The van der Waals surface area contributed by atoms with Crippen LogP contribution in [-0.2, 0) is 0 Å². The highest BCUT2D eigenvalue weighted by Gasteiger charge is 2.17. The van der Waals surface area contributed by atoms with Crippen LogP contribution in [0.5, 0.6) is 5.75 Å². The van der Waals surface area contributed by atoms with Gasteiger partial charge in [0, 0.05) is 0 Å². The topological polar surface area (TPSA) is 46.2 Å². The van der Waals surface area contributed by atoms with Crippen molar-refractivity contribution < 1.29 is 9.50 Å². The van der Waals surface area contributed by atoms with Crippen LogP contribution in [0.4, 0.5) is 4.39 Å². The number of halogens is 2. The van der Waals surface area contributed by atoms with Gasteiger partial charge in [-0.2, -0.15) is 0 Å². The number of hydrogen-bond donors (Lipinski definition) is 2. The average molecular weight is 218 g/mol. The molecule has 4 heteroatoms. The van der Waals surface area contributed by atoms with Crippen molar-refractivity contribution >= 4 is 11.6 Å². The van der Waals surface area contributed by atoms with E-state index in [1.807, 2.05) is 0 Å². The molecule has 1 aromatic carbocycles. The van der Waals surface area contributed by atoms with Crippen LogP contribution in [0.3, 0.4) is 0 Å². The van der Waals surface area contributed by atoms with Gasteiger partial charge >= 0.3 is 0 Å². The molecule has 0 saturated carbocycles. The predicted molar refractivity (Wildman–Crippen MR) is 55.3 cm³/mol. The van der Waals surface area contributed by atoms with Crippen LogP contribution in [0.1, 0.15) is 24.0 Å². The minimum atomic E-state index is -0.668. The maximum absolute atomic E-state index is 13.5. The molecular weight excluding hydrogens is 205 g/mol. The second-order valence-electron chi connectivity index (χ2n) is 3.40. The molecule has 0 saturated heterocycles. The second-order valence-corrected chi connectivity index (χ2v) is 3.77. The smallest absolute Gasteiger partial charge is 0.170 e. The van der Waals surface area contributed by atoms with Crippen molar-refractivity contribution in [1.82, 2.24) is 0 Å². The Balaban J connectivity index is 3.33. The predicted octanol–water partition coefficient (Wildman–Crippen LogP) is 2.56. The number of hydrogen-bond acceptors (Lipinski definition) is 2. The van der Waals surface area contributed by atoms with Gasteiger partial charge in [0.1, 0.15) is 0 Å². The summed E-state index contributed by atoms with van der Waals surface area (Å²) in [5, 5.41) is 9.43. The number of phenols is 1. The summed E-state index contributed by atoms with van der Waals surface area (Å²) in [7, 11) is 0. The average Bonchev–Trinajstić information content (AvgIpc) is 2.19. The molecule has 0 radical (unpaired) electrons. The van der Waals surface area contributed by atoms with E-state index >= 15 is 0 Å². The molecule has 0 bridgehead atoms. The quantitative estimate of drug-likeness (QED) is 0.800. The Morgan fingerprint density at radius 1 is 1.64 bits per heavy atom. The molecule has 0 amide bonds. The van der Waals surface area contributed by atoms with Gasteiger partial charge in [-0.3, -0.25) is 0 Å². The van der Waals surface area contributed by atoms with Crippen molar-refractivity contribution in [3.05, 3.63) is 28.0 Å². The number of phenolic OH excluding ortho intramolecular Hbond substituents is 1. The van der Waals surface area contributed by atoms with E-state index in [2.05, 4.69) is 0 Å². The van der Waals surface area contributed by atoms with Gasteiger partial charge in [0.05, 0.1) is 5.02 Å². The van der Waals surface area contributed by atoms with E-state index in [1.54, 1.807) is 19.9 Å². The third-order valence-corrected chi connectivity index (χ3v) is 2.75. The minimum Gasteiger partial charge on any atom is -0.504 e. The lowest BCUT2D eigenvalue weighted by Gasteiger charge is -2.13. The molecule has 1 unspecified atom stereocenters. The Kier molecular flexibility index (Phi) is 3.34. The molecule has 3 N–H and O–H groups in total. The summed E-state index contributed by atoms with van der Waals surface area (Å²) in [6.07, 6.45) is 0. The lowest BCUT2D eigenvalue weighted by Crippen LogP contribution is -2.11. The molecule has 0 aliphatic rings. The molecular formula is C10H13ClFNO. The van der Waals surface area contributed by atoms with Crippen LogP contribution >= 0.6 is 11.6 Å². The maximum Gasteiger partial charge on any atom is 0.170 e. The molecule has 2 nitrogen and oxygen atoms in total. The van der Waals surface area contributed by atoms with Gasteiger partial charge in [0.15, 0.2) is 11.6 Å². The summed E-state index contributed by atoms with van der Waals surface area (Å²) in [5.74, 6) is -1.28. The third kappa shape index (κ3) is 1.83. The monoisotopic (exact) mass is 217 g/mol. The van der Waals surface area contributed by atoms with Gasteiger partial charge < -0.3 is 10.8 Å². The number of rotatable bonds is 2. The van der Waals surface area contributed by atoms with E-state index in [9.17, 15) is 9.50 Å². The molecule has 0 aliphatic carbocycles. The molecule has 0 aromatic heterocycles. The zero-order chi connectivity index (χ0) is 10.9. The molecule has 78 valence electrons. The first kappa shape index (κ1) is 11.3. The van der Waals surface area contributed by atoms with Gasteiger partial charge in [-0.25, -0.2) is 4.39 Å². The van der Waals surface area contributed by atoms with Crippen LogP contribution in [-0.4, -0.2) is 11.7 Å². The van der Waals surface area contributed by atoms with Crippen molar-refractivity contribution in [3.8, 4) is 5.75 Å². The van der Waals surface area contributed by atoms with Gasteiger partial charge in [-0.1, -0.05) is 24.6 Å². The molecule has 0 fully saturated rings. The van der Waals surface area contributed by atoms with Crippen molar-refractivity contribution in [2.45, 2.75) is 19.8 Å². The number of aryl methyl sites for hydroxylation is 1. The maximum atomic E-state index is 13.5. The van der Waals surface area contributed by atoms with E-state index in [4.69, 9.17) is 17.3 Å². The Morgan fingerprint density at radius 3 is 2.71 bits per heavy atom. The zero-order valence-corrected chi connectivity index (χ0v) is 8.90. The van der Waals surface area contributed by atoms with Crippen molar-refractivity contribution in [1.29, 1.82) is 0 Å². The van der Waals surface area contributed by atoms with E-state index in [-0.39, 0.29) is 10.9 Å². The first-order chi connectivity index (χ1) is 6.49. The Hall–Kier alpha value is -0.800. The summed E-state index contributed by atoms with van der Waals surface area (Å²) in [4.78, 5) is 0. The van der Waals surface area contributed by atoms with Crippen LogP contribution in [0.2, 0.25) is 5.02 Å². The van der Waals surface area contributed by atoms with Crippen molar-refractivity contribution in [2.24, 2.45) is 5.73 Å². The van der Waals surface area contributed by atoms with Crippen LogP contribution in [0, 0.1) is 12.7 Å². The summed E-state index contributed by atoms with van der Waals surface area (Å²) >= 11 is 5.68. The summed E-state index contributed by atoms with van der Waals surface area (Å²) < 4.78 is 13.5. The standard InChI is InChI=1S/C10H13ClFNO/c1-5-3-7(6(2)4-13)9(12)10(14)8(5)11/h3,6,14H,4,13H2,1-2H3. The number of nitrogens with two attached hydrogens (primary N) is 1. The molecule has 1 aromatic rings. The molecule has 0 spiro atoms. The first-order valence-corrected chi connectivity index (χ1v) is 4.74. The Morgan fingerprint density at radius 2 is 2.21 bits per heavy atom. The Labute approximate surface area is 87.5 Å². The molecule has 0 heterocycles. The van der Waals surface area contributed by atoms with Crippen molar-refractivity contribution in [2.75, 3.05) is 6.54 Å². The lowest BCUT2D eigenvalue weighted by atomic mass is 9.98.